The van der Waals surface area contributed by atoms with E-state index in [0.29, 0.717) is 0 Å². The van der Waals surface area contributed by atoms with E-state index in [1.165, 1.54) is 0 Å². The summed E-state index contributed by atoms with van der Waals surface area (Å²) in [5, 5.41) is 0. The van der Waals surface area contributed by atoms with Gasteiger partial charge in [0.2, 0.25) is 0 Å². The second-order valence-corrected chi connectivity index (χ2v) is 5.62. The largest absolute Gasteiger partial charge is 0.311 e. The molecule has 25 heavy (non-hydrogen) atoms. The van der Waals surface area contributed by atoms with Gasteiger partial charge in [-0.3, -0.25) is 0 Å². The molecule has 0 heterocycles. The Labute approximate surface area is 149 Å². The summed E-state index contributed by atoms with van der Waals surface area (Å²) < 4.78 is 0. The Morgan fingerprint density at radius 2 is 1.12 bits per heavy atom. The van der Waals surface area contributed by atoms with Gasteiger partial charge in [0.25, 0.3) is 0 Å². The van der Waals surface area contributed by atoms with Crippen molar-refractivity contribution in [3.8, 4) is 0 Å². The standard InChI is InChI=1S/C24H21N/c1-3-11-20(4-2)21-16-18-24(19-17-21)25(22-12-7-5-8-13-22)23-14-9-6-10-15-23/h3-19H,1-2H2/b20-11+. The fraction of sp³-hybridized carbons (Fsp3) is 0. The summed E-state index contributed by atoms with van der Waals surface area (Å²) in [6.45, 7) is 7.65. The van der Waals surface area contributed by atoms with Gasteiger partial charge < -0.3 is 4.90 Å². The Bertz CT molecular complexity index is 819. The Balaban J connectivity index is 2.04. The van der Waals surface area contributed by atoms with Crippen molar-refractivity contribution in [2.75, 3.05) is 4.90 Å². The highest BCUT2D eigenvalue weighted by atomic mass is 15.1. The number of hydrogen-bond acceptors (Lipinski definition) is 1. The molecule has 0 saturated heterocycles. The van der Waals surface area contributed by atoms with Gasteiger partial charge in [-0.15, -0.1) is 0 Å². The Hall–Kier alpha value is -3.32. The van der Waals surface area contributed by atoms with Gasteiger partial charge >= 0.3 is 0 Å². The number of hydrogen-bond donors (Lipinski definition) is 0. The first-order valence-corrected chi connectivity index (χ1v) is 8.29. The number of para-hydroxylation sites is 2. The van der Waals surface area contributed by atoms with E-state index in [-0.39, 0.29) is 0 Å². The maximum atomic E-state index is 3.88. The first kappa shape index (κ1) is 16.5. The van der Waals surface area contributed by atoms with Crippen LogP contribution in [0.1, 0.15) is 5.56 Å². The van der Waals surface area contributed by atoms with Crippen molar-refractivity contribution in [3.05, 3.63) is 122 Å². The minimum Gasteiger partial charge on any atom is -0.311 e. The molecular formula is C24H21N. The molecule has 0 aliphatic heterocycles. The fourth-order valence-electron chi connectivity index (χ4n) is 2.81. The molecule has 0 aliphatic rings. The minimum atomic E-state index is 1.06. The average Bonchev–Trinajstić information content (AvgIpc) is 2.69. The zero-order valence-corrected chi connectivity index (χ0v) is 14.2. The highest BCUT2D eigenvalue weighted by molar-refractivity contribution is 5.79. The van der Waals surface area contributed by atoms with Gasteiger partial charge in [-0.1, -0.05) is 79.9 Å². The summed E-state index contributed by atoms with van der Waals surface area (Å²) >= 11 is 0. The molecule has 0 atom stereocenters. The first-order valence-electron chi connectivity index (χ1n) is 8.29. The molecule has 0 unspecified atom stereocenters. The third-order valence-corrected chi connectivity index (χ3v) is 4.00. The van der Waals surface area contributed by atoms with Crippen molar-refractivity contribution in [1.29, 1.82) is 0 Å². The summed E-state index contributed by atoms with van der Waals surface area (Å²) in [7, 11) is 0. The van der Waals surface area contributed by atoms with Gasteiger partial charge in [-0.2, -0.15) is 0 Å². The third-order valence-electron chi connectivity index (χ3n) is 4.00. The van der Waals surface area contributed by atoms with Gasteiger partial charge in [0.15, 0.2) is 0 Å². The number of nitrogens with zero attached hydrogens (tertiary/aromatic N) is 1. The molecule has 0 aliphatic carbocycles. The molecular weight excluding hydrogens is 302 g/mol. The quantitative estimate of drug-likeness (QED) is 0.445. The maximum absolute atomic E-state index is 3.88. The van der Waals surface area contributed by atoms with Crippen molar-refractivity contribution in [1.82, 2.24) is 0 Å². The second kappa shape index (κ2) is 7.98. The highest BCUT2D eigenvalue weighted by Crippen LogP contribution is 2.34. The molecule has 0 spiro atoms. The van der Waals surface area contributed by atoms with Crippen molar-refractivity contribution in [2.45, 2.75) is 0 Å². The van der Waals surface area contributed by atoms with Crippen LogP contribution in [-0.2, 0) is 0 Å². The molecule has 3 rings (SSSR count). The van der Waals surface area contributed by atoms with Crippen LogP contribution in [0.15, 0.2) is 116 Å². The number of benzene rings is 3. The smallest absolute Gasteiger partial charge is 0.0462 e. The van der Waals surface area contributed by atoms with Crippen molar-refractivity contribution in [2.24, 2.45) is 0 Å². The summed E-state index contributed by atoms with van der Waals surface area (Å²) in [5.74, 6) is 0. The van der Waals surface area contributed by atoms with Crippen LogP contribution in [0.5, 0.6) is 0 Å². The molecule has 122 valence electrons. The van der Waals surface area contributed by atoms with Gasteiger partial charge in [0.05, 0.1) is 0 Å². The van der Waals surface area contributed by atoms with Crippen LogP contribution in [0, 0.1) is 0 Å². The number of rotatable bonds is 6. The predicted octanol–water partition coefficient (Wildman–Crippen LogP) is 6.91. The van der Waals surface area contributed by atoms with Crippen LogP contribution in [-0.4, -0.2) is 0 Å². The molecule has 0 saturated carbocycles. The molecule has 0 radical (unpaired) electrons. The highest BCUT2D eigenvalue weighted by Gasteiger charge is 2.11. The van der Waals surface area contributed by atoms with E-state index in [2.05, 4.69) is 90.9 Å². The molecule has 0 N–H and O–H groups in total. The number of allylic oxidation sites excluding steroid dienone is 4. The lowest BCUT2D eigenvalue weighted by Crippen LogP contribution is -2.09. The molecule has 1 nitrogen and oxygen atoms in total. The van der Waals surface area contributed by atoms with Crippen LogP contribution in [0.2, 0.25) is 0 Å². The van der Waals surface area contributed by atoms with Crippen LogP contribution in [0.4, 0.5) is 17.1 Å². The maximum Gasteiger partial charge on any atom is 0.0462 e. The van der Waals surface area contributed by atoms with Crippen molar-refractivity contribution in [3.63, 3.8) is 0 Å². The molecule has 0 bridgehead atoms. The van der Waals surface area contributed by atoms with E-state index < -0.39 is 0 Å². The van der Waals surface area contributed by atoms with Gasteiger partial charge in [-0.25, -0.2) is 0 Å². The lowest BCUT2D eigenvalue weighted by atomic mass is 10.0. The van der Waals surface area contributed by atoms with Gasteiger partial charge in [0.1, 0.15) is 0 Å². The topological polar surface area (TPSA) is 3.24 Å². The van der Waals surface area contributed by atoms with E-state index >= 15 is 0 Å². The molecule has 0 aromatic heterocycles. The molecule has 1 heteroatoms. The van der Waals surface area contributed by atoms with Crippen LogP contribution >= 0.6 is 0 Å². The van der Waals surface area contributed by atoms with E-state index in [4.69, 9.17) is 0 Å². The summed E-state index contributed by atoms with van der Waals surface area (Å²) in [6.07, 6.45) is 5.60. The normalized spacial score (nSPS) is 11.0. The Morgan fingerprint density at radius 3 is 1.56 bits per heavy atom. The molecule has 3 aromatic rings. The third kappa shape index (κ3) is 3.78. The number of anilines is 3. The first-order chi connectivity index (χ1) is 12.3. The van der Waals surface area contributed by atoms with E-state index in [0.717, 1.165) is 28.2 Å². The van der Waals surface area contributed by atoms with Gasteiger partial charge in [0, 0.05) is 17.1 Å². The van der Waals surface area contributed by atoms with Crippen molar-refractivity contribution >= 4 is 22.6 Å². The zero-order chi connectivity index (χ0) is 17.5. The Kier molecular flexibility index (Phi) is 5.28. The monoisotopic (exact) mass is 323 g/mol. The van der Waals surface area contributed by atoms with Crippen LogP contribution in [0.25, 0.3) is 5.57 Å². The zero-order valence-electron chi connectivity index (χ0n) is 14.2. The minimum absolute atomic E-state index is 1.06. The Morgan fingerprint density at radius 1 is 0.640 bits per heavy atom. The lowest BCUT2D eigenvalue weighted by Gasteiger charge is -2.25. The molecule has 3 aromatic carbocycles. The van der Waals surface area contributed by atoms with E-state index in [1.54, 1.807) is 6.08 Å². The summed E-state index contributed by atoms with van der Waals surface area (Å²) in [4.78, 5) is 2.24. The van der Waals surface area contributed by atoms with Gasteiger partial charge in [-0.05, 0) is 47.5 Å². The average molecular weight is 323 g/mol. The van der Waals surface area contributed by atoms with Crippen molar-refractivity contribution < 1.29 is 0 Å². The SMILES string of the molecule is C=C/C=C(\C=C)c1ccc(N(c2ccccc2)c2ccccc2)cc1. The summed E-state index contributed by atoms with van der Waals surface area (Å²) in [5.41, 5.74) is 5.56. The molecule has 0 fully saturated rings. The fourth-order valence-corrected chi connectivity index (χ4v) is 2.81. The van der Waals surface area contributed by atoms with E-state index in [9.17, 15) is 0 Å². The van der Waals surface area contributed by atoms with E-state index in [1.807, 2.05) is 24.3 Å². The van der Waals surface area contributed by atoms with Crippen LogP contribution in [0.3, 0.4) is 0 Å². The molecule has 0 amide bonds. The summed E-state index contributed by atoms with van der Waals surface area (Å²) in [6, 6.07) is 29.3. The van der Waals surface area contributed by atoms with Crippen LogP contribution < -0.4 is 4.90 Å². The predicted molar refractivity (Wildman–Crippen MR) is 109 cm³/mol. The lowest BCUT2D eigenvalue weighted by molar-refractivity contribution is 1.28. The second-order valence-electron chi connectivity index (χ2n) is 5.62.